The van der Waals surface area contributed by atoms with E-state index in [-0.39, 0.29) is 0 Å². The molecule has 2 aromatic rings. The molecule has 0 fully saturated rings. The van der Waals surface area contributed by atoms with Crippen molar-refractivity contribution in [3.05, 3.63) is 23.5 Å². The van der Waals surface area contributed by atoms with E-state index in [0.29, 0.717) is 5.01 Å². The molecule has 0 bridgehead atoms. The smallest absolute Gasteiger partial charge is 0.200 e. The number of aliphatic hydroxyl groups is 1. The van der Waals surface area contributed by atoms with Crippen molar-refractivity contribution >= 4 is 21.6 Å². The molecule has 2 rings (SSSR count). The van der Waals surface area contributed by atoms with Crippen LogP contribution < -0.4 is 0 Å². The molecule has 5 heteroatoms. The van der Waals surface area contributed by atoms with Gasteiger partial charge in [0.15, 0.2) is 5.60 Å². The predicted octanol–water partition coefficient (Wildman–Crippen LogP) is 1.42. The first kappa shape index (κ1) is 9.06. The van der Waals surface area contributed by atoms with Crippen LogP contribution in [0.1, 0.15) is 11.9 Å². The van der Waals surface area contributed by atoms with Gasteiger partial charge in [-0.3, -0.25) is 4.98 Å². The number of nitriles is 1. The lowest BCUT2D eigenvalue weighted by atomic mass is 10.1. The first-order valence-electron chi connectivity index (χ1n) is 3.98. The number of nitrogens with zero attached hydrogens (tertiary/aromatic N) is 3. The number of fused-ring (bicyclic) bond motifs is 1. The largest absolute Gasteiger partial charge is 0.370 e. The van der Waals surface area contributed by atoms with Crippen LogP contribution in [0.2, 0.25) is 0 Å². The molecule has 0 aromatic carbocycles. The van der Waals surface area contributed by atoms with Gasteiger partial charge in [-0.1, -0.05) is 0 Å². The van der Waals surface area contributed by atoms with E-state index >= 15 is 0 Å². The molecule has 1 N–H and O–H groups in total. The fourth-order valence-corrected chi connectivity index (χ4v) is 1.96. The van der Waals surface area contributed by atoms with E-state index in [1.807, 2.05) is 0 Å². The van der Waals surface area contributed by atoms with E-state index in [2.05, 4.69) is 9.97 Å². The summed E-state index contributed by atoms with van der Waals surface area (Å²) in [6.07, 6.45) is 3.30. The third-order valence-corrected chi connectivity index (χ3v) is 3.04. The van der Waals surface area contributed by atoms with Crippen molar-refractivity contribution in [3.63, 3.8) is 0 Å². The van der Waals surface area contributed by atoms with E-state index < -0.39 is 5.60 Å². The molecule has 0 aliphatic heterocycles. The lowest BCUT2D eigenvalue weighted by Gasteiger charge is -2.08. The Balaban J connectivity index is 2.62. The molecule has 2 heterocycles. The van der Waals surface area contributed by atoms with E-state index in [4.69, 9.17) is 5.26 Å². The van der Waals surface area contributed by atoms with E-state index in [1.165, 1.54) is 18.3 Å². The lowest BCUT2D eigenvalue weighted by molar-refractivity contribution is 0.119. The fourth-order valence-electron chi connectivity index (χ4n) is 1.04. The van der Waals surface area contributed by atoms with Crippen molar-refractivity contribution < 1.29 is 5.11 Å². The van der Waals surface area contributed by atoms with Crippen LogP contribution in [0.15, 0.2) is 18.5 Å². The van der Waals surface area contributed by atoms with Crippen molar-refractivity contribution in [1.82, 2.24) is 9.97 Å². The molecule has 4 nitrogen and oxygen atoms in total. The van der Waals surface area contributed by atoms with Crippen molar-refractivity contribution in [3.8, 4) is 6.07 Å². The molecule has 1 atom stereocenters. The van der Waals surface area contributed by atoms with Crippen LogP contribution in [-0.2, 0) is 5.60 Å². The highest BCUT2D eigenvalue weighted by Crippen LogP contribution is 2.28. The second-order valence-corrected chi connectivity index (χ2v) is 4.08. The Labute approximate surface area is 84.5 Å². The van der Waals surface area contributed by atoms with Crippen LogP contribution in [0.4, 0.5) is 0 Å². The van der Waals surface area contributed by atoms with Gasteiger partial charge in [0, 0.05) is 12.4 Å². The third-order valence-electron chi connectivity index (χ3n) is 1.83. The van der Waals surface area contributed by atoms with E-state index in [9.17, 15) is 5.11 Å². The summed E-state index contributed by atoms with van der Waals surface area (Å²) in [7, 11) is 0. The quantitative estimate of drug-likeness (QED) is 0.715. The summed E-state index contributed by atoms with van der Waals surface area (Å²) in [6.45, 7) is 1.43. The highest BCUT2D eigenvalue weighted by Gasteiger charge is 2.26. The average Bonchev–Trinajstić information content (AvgIpc) is 2.61. The van der Waals surface area contributed by atoms with Gasteiger partial charge in [0.05, 0.1) is 10.2 Å². The SMILES string of the molecule is CC(O)(C#N)c1nc2ccncc2s1. The maximum atomic E-state index is 9.66. The van der Waals surface area contributed by atoms with Gasteiger partial charge in [0.25, 0.3) is 0 Å². The second kappa shape index (κ2) is 3.01. The monoisotopic (exact) mass is 205 g/mol. The molecule has 0 saturated heterocycles. The average molecular weight is 205 g/mol. The summed E-state index contributed by atoms with van der Waals surface area (Å²) in [5.74, 6) is 0. The van der Waals surface area contributed by atoms with Gasteiger partial charge in [-0.25, -0.2) is 4.98 Å². The van der Waals surface area contributed by atoms with Gasteiger partial charge in [0.2, 0.25) is 0 Å². The molecule has 0 amide bonds. The highest BCUT2D eigenvalue weighted by atomic mass is 32.1. The zero-order valence-electron chi connectivity index (χ0n) is 7.43. The van der Waals surface area contributed by atoms with Crippen LogP contribution in [0.5, 0.6) is 0 Å². The molecule has 0 spiro atoms. The van der Waals surface area contributed by atoms with Crippen molar-refractivity contribution in [2.45, 2.75) is 12.5 Å². The molecule has 1 unspecified atom stereocenters. The van der Waals surface area contributed by atoms with Gasteiger partial charge < -0.3 is 5.11 Å². The van der Waals surface area contributed by atoms with Gasteiger partial charge in [-0.05, 0) is 13.0 Å². The number of hydrogen-bond acceptors (Lipinski definition) is 5. The molecular formula is C9H7N3OS. The molecule has 0 aliphatic carbocycles. The Hall–Kier alpha value is -1.51. The Morgan fingerprint density at radius 3 is 3.07 bits per heavy atom. The maximum absolute atomic E-state index is 9.66. The van der Waals surface area contributed by atoms with Crippen molar-refractivity contribution in [2.75, 3.05) is 0 Å². The number of pyridine rings is 1. The van der Waals surface area contributed by atoms with Crippen LogP contribution in [0, 0.1) is 11.3 Å². The molecule has 0 radical (unpaired) electrons. The van der Waals surface area contributed by atoms with Crippen LogP contribution in [-0.4, -0.2) is 15.1 Å². The van der Waals surface area contributed by atoms with E-state index in [0.717, 1.165) is 10.2 Å². The van der Waals surface area contributed by atoms with Crippen LogP contribution >= 0.6 is 11.3 Å². The maximum Gasteiger partial charge on any atom is 0.200 e. The van der Waals surface area contributed by atoms with Gasteiger partial charge in [-0.15, -0.1) is 11.3 Å². The summed E-state index contributed by atoms with van der Waals surface area (Å²) in [5, 5.41) is 18.8. The summed E-state index contributed by atoms with van der Waals surface area (Å²) >= 11 is 1.28. The van der Waals surface area contributed by atoms with Crippen LogP contribution in [0.25, 0.3) is 10.2 Å². The topological polar surface area (TPSA) is 69.8 Å². The summed E-state index contributed by atoms with van der Waals surface area (Å²) < 4.78 is 0.873. The number of aromatic nitrogens is 2. The number of hydrogen-bond donors (Lipinski definition) is 1. The first-order chi connectivity index (χ1) is 6.63. The standard InChI is InChI=1S/C9H7N3OS/c1-9(13,5-10)8-12-6-2-3-11-4-7(6)14-8/h2-4,13H,1H3. The zero-order valence-corrected chi connectivity index (χ0v) is 8.25. The third kappa shape index (κ3) is 1.35. The normalized spacial score (nSPS) is 14.9. The first-order valence-corrected chi connectivity index (χ1v) is 4.80. The van der Waals surface area contributed by atoms with Gasteiger partial charge >= 0.3 is 0 Å². The lowest BCUT2D eigenvalue weighted by Crippen LogP contribution is -2.17. The Bertz CT molecular complexity index is 479. The predicted molar refractivity (Wildman–Crippen MR) is 52.6 cm³/mol. The zero-order chi connectivity index (χ0) is 10.2. The minimum atomic E-state index is -1.51. The molecule has 2 aromatic heterocycles. The number of rotatable bonds is 1. The summed E-state index contributed by atoms with van der Waals surface area (Å²) in [6, 6.07) is 3.55. The van der Waals surface area contributed by atoms with E-state index in [1.54, 1.807) is 24.5 Å². The van der Waals surface area contributed by atoms with Crippen molar-refractivity contribution in [2.24, 2.45) is 0 Å². The van der Waals surface area contributed by atoms with Gasteiger partial charge in [0.1, 0.15) is 11.1 Å². The Morgan fingerprint density at radius 1 is 1.64 bits per heavy atom. The van der Waals surface area contributed by atoms with Crippen molar-refractivity contribution in [1.29, 1.82) is 5.26 Å². The number of thiazole rings is 1. The summed E-state index contributed by atoms with van der Waals surface area (Å²) in [4.78, 5) is 8.10. The Kier molecular flexibility index (Phi) is 1.95. The second-order valence-electron chi connectivity index (χ2n) is 3.05. The molecule has 0 saturated carbocycles. The van der Waals surface area contributed by atoms with Gasteiger partial charge in [-0.2, -0.15) is 5.26 Å². The molecule has 0 aliphatic rings. The highest BCUT2D eigenvalue weighted by molar-refractivity contribution is 7.18. The summed E-state index contributed by atoms with van der Waals surface area (Å²) in [5.41, 5.74) is -0.750. The Morgan fingerprint density at radius 2 is 2.43 bits per heavy atom. The van der Waals surface area contributed by atoms with Crippen LogP contribution in [0.3, 0.4) is 0 Å². The minimum absolute atomic E-state index is 0.406. The molecular weight excluding hydrogens is 198 g/mol. The minimum Gasteiger partial charge on any atom is -0.370 e. The molecule has 70 valence electrons. The molecule has 14 heavy (non-hydrogen) atoms. The fraction of sp³-hybridized carbons (Fsp3) is 0.222.